The van der Waals surface area contributed by atoms with Gasteiger partial charge in [-0.3, -0.25) is 9.69 Å². The third kappa shape index (κ3) is 4.24. The molecule has 156 valence electrons. The summed E-state index contributed by atoms with van der Waals surface area (Å²) in [5.41, 5.74) is 3.13. The van der Waals surface area contributed by atoms with Gasteiger partial charge in [-0.25, -0.2) is 4.98 Å². The van der Waals surface area contributed by atoms with Crippen LogP contribution in [0, 0.1) is 6.92 Å². The normalized spacial score (nSPS) is 19.0. The molecule has 0 spiro atoms. The van der Waals surface area contributed by atoms with Gasteiger partial charge in [-0.2, -0.15) is 0 Å². The van der Waals surface area contributed by atoms with Gasteiger partial charge in [0.05, 0.1) is 19.9 Å². The number of para-hydroxylation sites is 1. The molecule has 0 amide bonds. The molecular formula is C24H27N3O3. The molecule has 2 atom stereocenters. The largest absolute Gasteiger partial charge is 0.497 e. The van der Waals surface area contributed by atoms with Crippen LogP contribution in [-0.2, 0) is 6.54 Å². The zero-order valence-electron chi connectivity index (χ0n) is 17.6. The van der Waals surface area contributed by atoms with Gasteiger partial charge >= 0.3 is 0 Å². The molecule has 2 heterocycles. The molecule has 1 fully saturated rings. The van der Waals surface area contributed by atoms with Gasteiger partial charge < -0.3 is 14.5 Å². The number of likely N-dealkylation sites (tertiary alicyclic amines) is 1. The van der Waals surface area contributed by atoms with Gasteiger partial charge in [0, 0.05) is 43.1 Å². The third-order valence-electron chi connectivity index (χ3n) is 5.79. The lowest BCUT2D eigenvalue weighted by Gasteiger charge is -2.19. The monoisotopic (exact) mass is 405 g/mol. The van der Waals surface area contributed by atoms with Crippen LogP contribution in [-0.4, -0.2) is 42.2 Å². The van der Waals surface area contributed by atoms with Gasteiger partial charge in [0.25, 0.3) is 5.56 Å². The first kappa shape index (κ1) is 20.2. The predicted molar refractivity (Wildman–Crippen MR) is 116 cm³/mol. The molecule has 6 heteroatoms. The maximum atomic E-state index is 12.1. The minimum atomic E-state index is -0.103. The first-order chi connectivity index (χ1) is 14.6. The summed E-state index contributed by atoms with van der Waals surface area (Å²) in [5.74, 6) is 2.75. The minimum Gasteiger partial charge on any atom is -0.497 e. The topological polar surface area (TPSA) is 67.5 Å². The lowest BCUT2D eigenvalue weighted by molar-refractivity contribution is 0.314. The standard InChI is InChI=1S/C24H27N3O3/c1-16-25-22(12-24(28)26-16)21-15-27(13-18-6-4-5-7-23(18)30-3)14-20(21)17-8-10-19(29-2)11-9-17/h4-12,20-21H,13-15H2,1-3H3,(H,25,26,28)/t20-,21+/m0/s1. The maximum Gasteiger partial charge on any atom is 0.251 e. The van der Waals surface area contributed by atoms with Crippen LogP contribution in [0.3, 0.4) is 0 Å². The second kappa shape index (κ2) is 8.71. The van der Waals surface area contributed by atoms with Crippen LogP contribution in [0.4, 0.5) is 0 Å². The van der Waals surface area contributed by atoms with Crippen LogP contribution in [0.15, 0.2) is 59.4 Å². The highest BCUT2D eigenvalue weighted by Crippen LogP contribution is 2.40. The van der Waals surface area contributed by atoms with E-state index >= 15 is 0 Å². The molecule has 3 aromatic rings. The predicted octanol–water partition coefficient (Wildman–Crippen LogP) is 3.48. The molecule has 0 unspecified atom stereocenters. The second-order valence-corrected chi connectivity index (χ2v) is 7.75. The summed E-state index contributed by atoms with van der Waals surface area (Å²) in [7, 11) is 3.38. The fourth-order valence-corrected chi connectivity index (χ4v) is 4.37. The minimum absolute atomic E-state index is 0.103. The summed E-state index contributed by atoms with van der Waals surface area (Å²) < 4.78 is 10.9. The Morgan fingerprint density at radius 2 is 1.77 bits per heavy atom. The highest BCUT2D eigenvalue weighted by Gasteiger charge is 2.36. The van der Waals surface area contributed by atoms with E-state index in [1.807, 2.05) is 37.3 Å². The van der Waals surface area contributed by atoms with Crippen LogP contribution in [0.5, 0.6) is 11.5 Å². The SMILES string of the molecule is COc1ccc([C@@H]2CN(Cc3ccccc3OC)C[C@H]2c2cc(=O)[nH]c(C)n2)cc1. The van der Waals surface area contributed by atoms with E-state index in [2.05, 4.69) is 33.1 Å². The highest BCUT2D eigenvalue weighted by atomic mass is 16.5. The average molecular weight is 405 g/mol. The van der Waals surface area contributed by atoms with E-state index in [0.717, 1.165) is 42.4 Å². The Hall–Kier alpha value is -3.12. The number of aromatic nitrogens is 2. The number of rotatable bonds is 6. The maximum absolute atomic E-state index is 12.1. The fraction of sp³-hybridized carbons (Fsp3) is 0.333. The number of aryl methyl sites for hydroxylation is 1. The van der Waals surface area contributed by atoms with E-state index < -0.39 is 0 Å². The van der Waals surface area contributed by atoms with Crippen molar-refractivity contribution in [2.24, 2.45) is 0 Å². The lowest BCUT2D eigenvalue weighted by Crippen LogP contribution is -2.21. The Labute approximate surface area is 176 Å². The number of nitrogens with zero attached hydrogens (tertiary/aromatic N) is 2. The van der Waals surface area contributed by atoms with Gasteiger partial charge in [-0.1, -0.05) is 30.3 Å². The number of aromatic amines is 1. The van der Waals surface area contributed by atoms with E-state index in [1.165, 1.54) is 5.56 Å². The van der Waals surface area contributed by atoms with E-state index in [1.54, 1.807) is 20.3 Å². The first-order valence-corrected chi connectivity index (χ1v) is 10.1. The summed E-state index contributed by atoms with van der Waals surface area (Å²) >= 11 is 0. The Bertz CT molecular complexity index is 1060. The lowest BCUT2D eigenvalue weighted by atomic mass is 9.86. The zero-order valence-corrected chi connectivity index (χ0v) is 17.6. The van der Waals surface area contributed by atoms with Crippen LogP contribution in [0.25, 0.3) is 0 Å². The van der Waals surface area contributed by atoms with Crippen molar-refractivity contribution >= 4 is 0 Å². The molecule has 0 bridgehead atoms. The van der Waals surface area contributed by atoms with Gasteiger partial charge in [-0.15, -0.1) is 0 Å². The van der Waals surface area contributed by atoms with E-state index in [-0.39, 0.29) is 17.4 Å². The van der Waals surface area contributed by atoms with Crippen LogP contribution >= 0.6 is 0 Å². The summed E-state index contributed by atoms with van der Waals surface area (Å²) in [4.78, 5) is 21.9. The van der Waals surface area contributed by atoms with Crippen molar-refractivity contribution in [1.29, 1.82) is 0 Å². The molecule has 0 saturated carbocycles. The number of ether oxygens (including phenoxy) is 2. The Balaban J connectivity index is 1.66. The van der Waals surface area contributed by atoms with Crippen molar-refractivity contribution < 1.29 is 9.47 Å². The van der Waals surface area contributed by atoms with Crippen LogP contribution in [0.1, 0.15) is 34.5 Å². The summed E-state index contributed by atoms with van der Waals surface area (Å²) in [6.07, 6.45) is 0. The van der Waals surface area contributed by atoms with Crippen molar-refractivity contribution in [3.05, 3.63) is 87.6 Å². The molecule has 1 saturated heterocycles. The molecular weight excluding hydrogens is 378 g/mol. The Kier molecular flexibility index (Phi) is 5.86. The molecule has 1 aliphatic heterocycles. The Morgan fingerprint density at radius 3 is 2.47 bits per heavy atom. The number of H-pyrrole nitrogens is 1. The summed E-state index contributed by atoms with van der Waals surface area (Å²) in [5, 5.41) is 0. The number of hydrogen-bond acceptors (Lipinski definition) is 5. The molecule has 4 rings (SSSR count). The van der Waals surface area contributed by atoms with Crippen molar-refractivity contribution in [3.63, 3.8) is 0 Å². The fourth-order valence-electron chi connectivity index (χ4n) is 4.37. The number of nitrogens with one attached hydrogen (secondary N) is 1. The van der Waals surface area contributed by atoms with Crippen molar-refractivity contribution in [1.82, 2.24) is 14.9 Å². The zero-order chi connectivity index (χ0) is 21.1. The van der Waals surface area contributed by atoms with Crippen LogP contribution < -0.4 is 15.0 Å². The summed E-state index contributed by atoms with van der Waals surface area (Å²) in [6, 6.07) is 18.0. The van der Waals surface area contributed by atoms with E-state index in [4.69, 9.17) is 9.47 Å². The van der Waals surface area contributed by atoms with Crippen molar-refractivity contribution in [2.45, 2.75) is 25.3 Å². The smallest absolute Gasteiger partial charge is 0.251 e. The molecule has 0 radical (unpaired) electrons. The number of hydrogen-bond donors (Lipinski definition) is 1. The molecule has 1 N–H and O–H groups in total. The molecule has 1 aromatic heterocycles. The highest BCUT2D eigenvalue weighted by molar-refractivity contribution is 5.35. The second-order valence-electron chi connectivity index (χ2n) is 7.75. The van der Waals surface area contributed by atoms with Crippen molar-refractivity contribution in [3.8, 4) is 11.5 Å². The summed E-state index contributed by atoms with van der Waals surface area (Å²) in [6.45, 7) is 4.32. The molecule has 2 aromatic carbocycles. The quantitative estimate of drug-likeness (QED) is 0.680. The van der Waals surface area contributed by atoms with Crippen molar-refractivity contribution in [2.75, 3.05) is 27.3 Å². The number of benzene rings is 2. The third-order valence-corrected chi connectivity index (χ3v) is 5.79. The van der Waals surface area contributed by atoms with E-state index in [9.17, 15) is 4.79 Å². The van der Waals surface area contributed by atoms with E-state index in [0.29, 0.717) is 5.82 Å². The van der Waals surface area contributed by atoms with Gasteiger partial charge in [0.1, 0.15) is 17.3 Å². The van der Waals surface area contributed by atoms with Gasteiger partial charge in [-0.05, 0) is 30.7 Å². The molecule has 0 aliphatic carbocycles. The average Bonchev–Trinajstić information content (AvgIpc) is 3.17. The van der Waals surface area contributed by atoms with Crippen LogP contribution in [0.2, 0.25) is 0 Å². The molecule has 6 nitrogen and oxygen atoms in total. The Morgan fingerprint density at radius 1 is 1.03 bits per heavy atom. The molecule has 30 heavy (non-hydrogen) atoms. The number of methoxy groups -OCH3 is 2. The first-order valence-electron chi connectivity index (χ1n) is 10.1. The van der Waals surface area contributed by atoms with Gasteiger partial charge in [0.2, 0.25) is 0 Å². The molecule has 1 aliphatic rings. The van der Waals surface area contributed by atoms with Gasteiger partial charge in [0.15, 0.2) is 0 Å².